The van der Waals surface area contributed by atoms with Gasteiger partial charge in [0.2, 0.25) is 0 Å². The molecule has 1 fully saturated rings. The van der Waals surface area contributed by atoms with Crippen LogP contribution in [0.3, 0.4) is 0 Å². The molecular weight excluding hydrogens is 392 g/mol. The summed E-state index contributed by atoms with van der Waals surface area (Å²) >= 11 is 1.34. The number of non-ortho nitro benzene ring substituents is 1. The lowest BCUT2D eigenvalue weighted by Crippen LogP contribution is -2.51. The van der Waals surface area contributed by atoms with Gasteiger partial charge in [-0.1, -0.05) is 37.7 Å². The molecule has 4 rings (SSSR count). The van der Waals surface area contributed by atoms with Crippen LogP contribution in [0.15, 0.2) is 34.2 Å². The lowest BCUT2D eigenvalue weighted by molar-refractivity contribution is -0.384. The van der Waals surface area contributed by atoms with Crippen LogP contribution in [-0.2, 0) is 4.79 Å². The van der Waals surface area contributed by atoms with Crippen molar-refractivity contribution in [2.75, 3.05) is 11.6 Å². The molecule has 152 valence electrons. The number of nitrogens with zero attached hydrogens (tertiary/aromatic N) is 2. The highest BCUT2D eigenvalue weighted by molar-refractivity contribution is 7.98. The smallest absolute Gasteiger partial charge is 0.269 e. The number of H-pyrrole nitrogens is 1. The van der Waals surface area contributed by atoms with Crippen molar-refractivity contribution in [1.29, 1.82) is 0 Å². The largest absolute Gasteiger partial charge is 0.366 e. The van der Waals surface area contributed by atoms with Crippen LogP contribution >= 0.6 is 11.8 Å². The van der Waals surface area contributed by atoms with Crippen LogP contribution in [0.2, 0.25) is 0 Å². The van der Waals surface area contributed by atoms with E-state index in [2.05, 4.69) is 29.1 Å². The zero-order chi connectivity index (χ0) is 20.9. The van der Waals surface area contributed by atoms with Gasteiger partial charge in [0, 0.05) is 36.4 Å². The molecule has 0 radical (unpaired) electrons. The van der Waals surface area contributed by atoms with E-state index in [0.29, 0.717) is 28.5 Å². The topological polar surface area (TPSA) is 118 Å². The van der Waals surface area contributed by atoms with E-state index in [9.17, 15) is 19.7 Å². The molecule has 8 nitrogen and oxygen atoms in total. The standard InChI is InChI=1S/C20H22N4O4S/c1-20(2)8-12-15(13(25)9-20)14(10-4-6-11(7-5-10)24(27)28)16-17(21-12)22-19(29-3)23-18(16)26/h4-7,12,14-15H,8-9H2,1-3H3,(H2,21,22,23,26). The molecule has 9 heteroatoms. The van der Waals surface area contributed by atoms with Gasteiger partial charge in [-0.2, -0.15) is 0 Å². The lowest BCUT2D eigenvalue weighted by Gasteiger charge is -2.46. The molecule has 1 aromatic carbocycles. The lowest BCUT2D eigenvalue weighted by atomic mass is 9.62. The number of nitrogens with one attached hydrogen (secondary N) is 2. The SMILES string of the molecule is CSc1nc2c(c(=O)[nH]1)C(c1ccc([N+](=O)[O-])cc1)C1C(=O)CC(C)(C)CC1N2. The van der Waals surface area contributed by atoms with Crippen LogP contribution in [0.25, 0.3) is 0 Å². The molecule has 2 aromatic rings. The van der Waals surface area contributed by atoms with E-state index in [0.717, 1.165) is 6.42 Å². The van der Waals surface area contributed by atoms with Crippen molar-refractivity contribution < 1.29 is 9.72 Å². The number of carbonyl (C=O) groups is 1. The highest BCUT2D eigenvalue weighted by Crippen LogP contribution is 2.48. The summed E-state index contributed by atoms with van der Waals surface area (Å²) in [4.78, 5) is 44.0. The molecule has 1 aromatic heterocycles. The van der Waals surface area contributed by atoms with Gasteiger partial charge >= 0.3 is 0 Å². The second kappa shape index (κ2) is 6.98. The van der Waals surface area contributed by atoms with Gasteiger partial charge in [-0.15, -0.1) is 0 Å². The van der Waals surface area contributed by atoms with Gasteiger partial charge in [-0.05, 0) is 23.7 Å². The molecule has 0 amide bonds. The van der Waals surface area contributed by atoms with Crippen molar-refractivity contribution in [2.45, 2.75) is 43.8 Å². The Bertz CT molecular complexity index is 1050. The van der Waals surface area contributed by atoms with Gasteiger partial charge in [0.25, 0.3) is 11.2 Å². The van der Waals surface area contributed by atoms with Gasteiger partial charge in [0.15, 0.2) is 5.16 Å². The van der Waals surface area contributed by atoms with Crippen molar-refractivity contribution in [3.05, 3.63) is 55.9 Å². The van der Waals surface area contributed by atoms with E-state index in [-0.39, 0.29) is 28.5 Å². The number of Topliss-reactive ketones (excluding diaryl/α,β-unsaturated/α-hetero) is 1. The first-order chi connectivity index (χ1) is 13.7. The number of thioether (sulfide) groups is 1. The number of carbonyl (C=O) groups excluding carboxylic acids is 1. The molecule has 1 aliphatic carbocycles. The number of aromatic amines is 1. The van der Waals surface area contributed by atoms with Crippen molar-refractivity contribution >= 4 is 29.1 Å². The number of ketones is 1. The van der Waals surface area contributed by atoms with Crippen LogP contribution < -0.4 is 10.9 Å². The third-order valence-electron chi connectivity index (χ3n) is 5.81. The third kappa shape index (κ3) is 3.43. The normalized spacial score (nSPS) is 24.9. The van der Waals surface area contributed by atoms with E-state index in [1.54, 1.807) is 12.1 Å². The second-order valence-corrected chi connectivity index (χ2v) is 9.25. The average molecular weight is 414 g/mol. The molecule has 2 N–H and O–H groups in total. The van der Waals surface area contributed by atoms with Crippen LogP contribution in [-0.4, -0.2) is 33.0 Å². The van der Waals surface area contributed by atoms with Crippen LogP contribution in [0.1, 0.15) is 43.7 Å². The second-order valence-electron chi connectivity index (χ2n) is 8.45. The van der Waals surface area contributed by atoms with E-state index in [1.165, 1.54) is 23.9 Å². The number of benzene rings is 1. The summed E-state index contributed by atoms with van der Waals surface area (Å²) in [7, 11) is 0. The monoisotopic (exact) mass is 414 g/mol. The molecule has 0 saturated heterocycles. The van der Waals surface area contributed by atoms with E-state index >= 15 is 0 Å². The van der Waals surface area contributed by atoms with Crippen molar-refractivity contribution in [1.82, 2.24) is 9.97 Å². The maximum absolute atomic E-state index is 13.2. The Hall–Kier alpha value is -2.68. The molecular formula is C20H22N4O4S. The molecule has 0 bridgehead atoms. The van der Waals surface area contributed by atoms with Crippen LogP contribution in [0, 0.1) is 21.4 Å². The Labute approximate surface area is 171 Å². The number of hydrogen-bond donors (Lipinski definition) is 2. The Balaban J connectivity index is 1.90. The number of aromatic nitrogens is 2. The number of fused-ring (bicyclic) bond motifs is 2. The summed E-state index contributed by atoms with van der Waals surface area (Å²) in [5, 5.41) is 14.9. The zero-order valence-corrected chi connectivity index (χ0v) is 17.2. The van der Waals surface area contributed by atoms with E-state index < -0.39 is 16.8 Å². The van der Waals surface area contributed by atoms with Gasteiger partial charge < -0.3 is 10.3 Å². The molecule has 2 aliphatic rings. The highest BCUT2D eigenvalue weighted by atomic mass is 32.2. The first-order valence-electron chi connectivity index (χ1n) is 9.42. The average Bonchev–Trinajstić information content (AvgIpc) is 2.65. The summed E-state index contributed by atoms with van der Waals surface area (Å²) in [6.45, 7) is 4.13. The number of nitro benzene ring substituents is 1. The van der Waals surface area contributed by atoms with Gasteiger partial charge in [-0.3, -0.25) is 19.7 Å². The number of nitro groups is 1. The summed E-state index contributed by atoms with van der Waals surface area (Å²) in [5.74, 6) is -0.317. The van der Waals surface area contributed by atoms with Crippen molar-refractivity contribution in [3.63, 3.8) is 0 Å². The predicted molar refractivity (Wildman–Crippen MR) is 111 cm³/mol. The Morgan fingerprint density at radius 3 is 2.55 bits per heavy atom. The fourth-order valence-electron chi connectivity index (χ4n) is 4.66. The molecule has 3 unspecified atom stereocenters. The quantitative estimate of drug-likeness (QED) is 0.342. The van der Waals surface area contributed by atoms with Crippen LogP contribution in [0.4, 0.5) is 11.5 Å². The fourth-order valence-corrected chi connectivity index (χ4v) is 5.03. The Morgan fingerprint density at radius 1 is 1.24 bits per heavy atom. The van der Waals surface area contributed by atoms with Crippen molar-refractivity contribution in [3.8, 4) is 0 Å². The number of hydrogen-bond acceptors (Lipinski definition) is 7. The van der Waals surface area contributed by atoms with Gasteiger partial charge in [-0.25, -0.2) is 4.98 Å². The molecule has 0 spiro atoms. The predicted octanol–water partition coefficient (Wildman–Crippen LogP) is 3.33. The fraction of sp³-hybridized carbons (Fsp3) is 0.450. The molecule has 1 saturated carbocycles. The maximum Gasteiger partial charge on any atom is 0.269 e. The third-order valence-corrected chi connectivity index (χ3v) is 6.39. The molecule has 2 heterocycles. The van der Waals surface area contributed by atoms with E-state index in [1.807, 2.05) is 6.26 Å². The highest BCUT2D eigenvalue weighted by Gasteiger charge is 2.49. The summed E-state index contributed by atoms with van der Waals surface area (Å²) in [6.07, 6.45) is 3.04. The minimum absolute atomic E-state index is 0.0275. The first kappa shape index (κ1) is 19.6. The number of anilines is 1. The molecule has 29 heavy (non-hydrogen) atoms. The summed E-state index contributed by atoms with van der Waals surface area (Å²) < 4.78 is 0. The Kier molecular flexibility index (Phi) is 4.72. The molecule has 1 aliphatic heterocycles. The first-order valence-corrected chi connectivity index (χ1v) is 10.6. The van der Waals surface area contributed by atoms with Crippen LogP contribution in [0.5, 0.6) is 0 Å². The van der Waals surface area contributed by atoms with Gasteiger partial charge in [0.05, 0.1) is 10.5 Å². The maximum atomic E-state index is 13.2. The molecule has 3 atom stereocenters. The minimum Gasteiger partial charge on any atom is -0.366 e. The van der Waals surface area contributed by atoms with Crippen molar-refractivity contribution in [2.24, 2.45) is 11.3 Å². The summed E-state index contributed by atoms with van der Waals surface area (Å²) in [6, 6.07) is 5.97. The minimum atomic E-state index is -0.493. The number of rotatable bonds is 3. The summed E-state index contributed by atoms with van der Waals surface area (Å²) in [5.41, 5.74) is 0.676. The van der Waals surface area contributed by atoms with Gasteiger partial charge in [0.1, 0.15) is 11.6 Å². The Morgan fingerprint density at radius 2 is 1.93 bits per heavy atom. The van der Waals surface area contributed by atoms with E-state index in [4.69, 9.17) is 0 Å². The zero-order valence-electron chi connectivity index (χ0n) is 16.4.